The molecule has 3 heterocycles. The van der Waals surface area contributed by atoms with E-state index in [1.165, 1.54) is 0 Å². The van der Waals surface area contributed by atoms with E-state index in [0.717, 1.165) is 30.0 Å². The molecule has 0 saturated carbocycles. The number of pyridine rings is 1. The predicted molar refractivity (Wildman–Crippen MR) is 122 cm³/mol. The number of carbonyl (C=O) groups excluding carboxylic acids is 2. The quantitative estimate of drug-likeness (QED) is 0.499. The summed E-state index contributed by atoms with van der Waals surface area (Å²) in [6.45, 7) is 1.06. The van der Waals surface area contributed by atoms with Crippen LogP contribution in [0.25, 0.3) is 5.65 Å². The van der Waals surface area contributed by atoms with Gasteiger partial charge in [0, 0.05) is 48.4 Å². The number of anilines is 2. The van der Waals surface area contributed by atoms with Gasteiger partial charge in [-0.3, -0.25) is 9.59 Å². The molecule has 1 aliphatic heterocycles. The Morgan fingerprint density at radius 3 is 2.72 bits per heavy atom. The van der Waals surface area contributed by atoms with E-state index in [0.29, 0.717) is 30.0 Å². The lowest BCUT2D eigenvalue weighted by atomic mass is 10.1. The van der Waals surface area contributed by atoms with Gasteiger partial charge < -0.3 is 19.4 Å². The number of hydrogen-bond acceptors (Lipinski definition) is 4. The van der Waals surface area contributed by atoms with Gasteiger partial charge >= 0.3 is 0 Å². The van der Waals surface area contributed by atoms with Crippen LogP contribution in [-0.2, 0) is 11.4 Å². The van der Waals surface area contributed by atoms with E-state index in [-0.39, 0.29) is 11.8 Å². The number of imidazole rings is 1. The van der Waals surface area contributed by atoms with E-state index in [1.54, 1.807) is 23.1 Å². The molecule has 4 aromatic rings. The van der Waals surface area contributed by atoms with Gasteiger partial charge in [0.2, 0.25) is 5.91 Å². The summed E-state index contributed by atoms with van der Waals surface area (Å²) in [6.07, 6.45) is 5.33. The zero-order valence-corrected chi connectivity index (χ0v) is 17.4. The molecule has 7 heteroatoms. The summed E-state index contributed by atoms with van der Waals surface area (Å²) >= 11 is 0. The van der Waals surface area contributed by atoms with Gasteiger partial charge in [-0.1, -0.05) is 12.1 Å². The van der Waals surface area contributed by atoms with Crippen molar-refractivity contribution in [2.45, 2.75) is 19.4 Å². The number of amides is 2. The average molecular weight is 426 g/mol. The highest BCUT2D eigenvalue weighted by Gasteiger charge is 2.21. The number of nitrogens with zero attached hydrogens (tertiary/aromatic N) is 3. The second kappa shape index (κ2) is 8.55. The lowest BCUT2D eigenvalue weighted by molar-refractivity contribution is -0.117. The van der Waals surface area contributed by atoms with E-state index in [1.807, 2.05) is 65.3 Å². The molecule has 0 unspecified atom stereocenters. The normalized spacial score (nSPS) is 13.5. The van der Waals surface area contributed by atoms with Gasteiger partial charge in [0.1, 0.15) is 18.0 Å². The molecule has 2 aromatic carbocycles. The van der Waals surface area contributed by atoms with E-state index >= 15 is 0 Å². The van der Waals surface area contributed by atoms with Crippen molar-refractivity contribution in [1.82, 2.24) is 9.38 Å². The molecular weight excluding hydrogens is 404 g/mol. The summed E-state index contributed by atoms with van der Waals surface area (Å²) in [5, 5.41) is 2.90. The van der Waals surface area contributed by atoms with Crippen molar-refractivity contribution in [3.63, 3.8) is 0 Å². The van der Waals surface area contributed by atoms with Crippen molar-refractivity contribution in [3.05, 3.63) is 90.4 Å². The maximum atomic E-state index is 12.7. The minimum absolute atomic E-state index is 0.127. The standard InChI is InChI=1S/C25H22N4O3/c30-24-8-4-14-29(24)21-11-9-18(10-12-21)25(31)27-19-5-3-6-22(15-19)32-17-20-16-28-13-2-1-7-23(28)26-20/h1-3,5-7,9-13,15-16H,4,8,14,17H2,(H,27,31). The molecule has 2 amide bonds. The zero-order chi connectivity index (χ0) is 21.9. The predicted octanol–water partition coefficient (Wildman–Crippen LogP) is 4.29. The number of hydrogen-bond donors (Lipinski definition) is 1. The number of ether oxygens (including phenoxy) is 1. The molecule has 160 valence electrons. The molecule has 1 aliphatic rings. The van der Waals surface area contributed by atoms with Crippen molar-refractivity contribution >= 4 is 28.8 Å². The molecule has 1 N–H and O–H groups in total. The summed E-state index contributed by atoms with van der Waals surface area (Å²) in [7, 11) is 0. The van der Waals surface area contributed by atoms with Crippen molar-refractivity contribution in [1.29, 1.82) is 0 Å². The summed E-state index contributed by atoms with van der Waals surface area (Å²) < 4.78 is 7.81. The highest BCUT2D eigenvalue weighted by molar-refractivity contribution is 6.05. The Balaban J connectivity index is 1.22. The molecular formula is C25H22N4O3. The number of benzene rings is 2. The maximum absolute atomic E-state index is 12.7. The zero-order valence-electron chi connectivity index (χ0n) is 17.4. The van der Waals surface area contributed by atoms with E-state index in [9.17, 15) is 9.59 Å². The molecule has 0 bridgehead atoms. The molecule has 0 atom stereocenters. The minimum Gasteiger partial charge on any atom is -0.487 e. The van der Waals surface area contributed by atoms with E-state index in [2.05, 4.69) is 10.3 Å². The number of fused-ring (bicyclic) bond motifs is 1. The van der Waals surface area contributed by atoms with Crippen LogP contribution in [-0.4, -0.2) is 27.7 Å². The van der Waals surface area contributed by atoms with Crippen LogP contribution in [0.5, 0.6) is 5.75 Å². The number of aromatic nitrogens is 2. The third-order valence-electron chi connectivity index (χ3n) is 5.41. The van der Waals surface area contributed by atoms with Gasteiger partial charge in [0.15, 0.2) is 0 Å². The average Bonchev–Trinajstić information content (AvgIpc) is 3.43. The van der Waals surface area contributed by atoms with Crippen molar-refractivity contribution in [3.8, 4) is 5.75 Å². The maximum Gasteiger partial charge on any atom is 0.255 e. The first-order chi connectivity index (χ1) is 15.7. The Morgan fingerprint density at radius 2 is 1.94 bits per heavy atom. The summed E-state index contributed by atoms with van der Waals surface area (Å²) in [5.74, 6) is 0.548. The van der Waals surface area contributed by atoms with Crippen LogP contribution in [0.2, 0.25) is 0 Å². The van der Waals surface area contributed by atoms with E-state index < -0.39 is 0 Å². The smallest absolute Gasteiger partial charge is 0.255 e. The Morgan fingerprint density at radius 1 is 1.06 bits per heavy atom. The molecule has 5 rings (SSSR count). The molecule has 0 radical (unpaired) electrons. The summed E-state index contributed by atoms with van der Waals surface area (Å²) in [5.41, 5.74) is 3.68. The fourth-order valence-electron chi connectivity index (χ4n) is 3.79. The minimum atomic E-state index is -0.221. The van der Waals surface area contributed by atoms with Crippen LogP contribution in [0.4, 0.5) is 11.4 Å². The molecule has 0 spiro atoms. The largest absolute Gasteiger partial charge is 0.487 e. The lowest BCUT2D eigenvalue weighted by Crippen LogP contribution is -2.23. The van der Waals surface area contributed by atoms with E-state index in [4.69, 9.17) is 4.74 Å². The number of carbonyl (C=O) groups is 2. The molecule has 1 saturated heterocycles. The second-order valence-corrected chi connectivity index (χ2v) is 7.66. The Hall–Kier alpha value is -4.13. The third-order valence-corrected chi connectivity index (χ3v) is 5.41. The first-order valence-corrected chi connectivity index (χ1v) is 10.5. The second-order valence-electron chi connectivity index (χ2n) is 7.66. The first-order valence-electron chi connectivity index (χ1n) is 10.5. The van der Waals surface area contributed by atoms with Gasteiger partial charge in [-0.05, 0) is 55.0 Å². The monoisotopic (exact) mass is 426 g/mol. The number of rotatable bonds is 6. The van der Waals surface area contributed by atoms with Crippen LogP contribution in [0, 0.1) is 0 Å². The molecule has 2 aromatic heterocycles. The van der Waals surface area contributed by atoms with Crippen molar-refractivity contribution < 1.29 is 14.3 Å². The van der Waals surface area contributed by atoms with Gasteiger partial charge in [-0.25, -0.2) is 4.98 Å². The van der Waals surface area contributed by atoms with Gasteiger partial charge in [0.25, 0.3) is 5.91 Å². The topological polar surface area (TPSA) is 75.9 Å². The molecule has 0 aliphatic carbocycles. The van der Waals surface area contributed by atoms with Crippen molar-refractivity contribution in [2.75, 3.05) is 16.8 Å². The van der Waals surface area contributed by atoms with Crippen LogP contribution < -0.4 is 15.0 Å². The third kappa shape index (κ3) is 4.18. The van der Waals surface area contributed by atoms with Crippen LogP contribution >= 0.6 is 0 Å². The number of nitrogens with one attached hydrogen (secondary N) is 1. The van der Waals surface area contributed by atoms with Crippen molar-refractivity contribution in [2.24, 2.45) is 0 Å². The van der Waals surface area contributed by atoms with Crippen LogP contribution in [0.1, 0.15) is 28.9 Å². The highest BCUT2D eigenvalue weighted by Crippen LogP contribution is 2.23. The molecule has 32 heavy (non-hydrogen) atoms. The van der Waals surface area contributed by atoms with Gasteiger partial charge in [-0.2, -0.15) is 0 Å². The molecule has 1 fully saturated rings. The fourth-order valence-corrected chi connectivity index (χ4v) is 3.79. The summed E-state index contributed by atoms with van der Waals surface area (Å²) in [4.78, 5) is 30.8. The Kier molecular flexibility index (Phi) is 5.29. The first kappa shape index (κ1) is 19.8. The summed E-state index contributed by atoms with van der Waals surface area (Å²) in [6, 6.07) is 20.2. The van der Waals surface area contributed by atoms with Crippen LogP contribution in [0.3, 0.4) is 0 Å². The van der Waals surface area contributed by atoms with Gasteiger partial charge in [-0.15, -0.1) is 0 Å². The lowest BCUT2D eigenvalue weighted by Gasteiger charge is -2.16. The SMILES string of the molecule is O=C(Nc1cccc(OCc2cn3ccccc3n2)c1)c1ccc(N2CCCC2=O)cc1. The van der Waals surface area contributed by atoms with Gasteiger partial charge in [0.05, 0.1) is 5.69 Å². The van der Waals surface area contributed by atoms with Crippen LogP contribution in [0.15, 0.2) is 79.1 Å². The Bertz CT molecular complexity index is 1250. The molecule has 7 nitrogen and oxygen atoms in total. The fraction of sp³-hybridized carbons (Fsp3) is 0.160. The highest BCUT2D eigenvalue weighted by atomic mass is 16.5. The Labute approximate surface area is 185 Å².